The fourth-order valence-electron chi connectivity index (χ4n) is 2.13. The summed E-state index contributed by atoms with van der Waals surface area (Å²) in [5.74, 6) is 0.511. The van der Waals surface area contributed by atoms with Crippen LogP contribution in [0.4, 0.5) is 0 Å². The molecule has 1 N–H and O–H groups in total. The molecular weight excluding hydrogens is 288 g/mol. The lowest BCUT2D eigenvalue weighted by atomic mass is 10.2. The monoisotopic (exact) mass is 302 g/mol. The zero-order valence-corrected chi connectivity index (χ0v) is 12.2. The summed E-state index contributed by atoms with van der Waals surface area (Å²) in [6.07, 6.45) is 0. The Balaban J connectivity index is 1.96. The molecule has 0 bridgehead atoms. The molecule has 6 heteroatoms. The van der Waals surface area contributed by atoms with Crippen LogP contribution >= 0.6 is 0 Å². The van der Waals surface area contributed by atoms with Gasteiger partial charge in [0.05, 0.1) is 23.9 Å². The van der Waals surface area contributed by atoms with Crippen molar-refractivity contribution in [2.75, 3.05) is 7.11 Å². The second kappa shape index (κ2) is 5.21. The lowest BCUT2D eigenvalue weighted by Gasteiger charge is -2.04. The highest BCUT2D eigenvalue weighted by Gasteiger charge is 2.20. The molecule has 0 unspecified atom stereocenters. The molecule has 0 spiro atoms. The van der Waals surface area contributed by atoms with Gasteiger partial charge < -0.3 is 9.72 Å². The van der Waals surface area contributed by atoms with Crippen LogP contribution in [-0.2, 0) is 15.6 Å². The predicted molar refractivity (Wildman–Crippen MR) is 80.0 cm³/mol. The Kier molecular flexibility index (Phi) is 3.39. The number of nitrogens with one attached hydrogen (secondary N) is 1. The van der Waals surface area contributed by atoms with Crippen LogP contribution in [0.5, 0.6) is 5.75 Å². The van der Waals surface area contributed by atoms with Gasteiger partial charge in [0.2, 0.25) is 15.0 Å². The van der Waals surface area contributed by atoms with Crippen LogP contribution in [0.15, 0.2) is 53.7 Å². The van der Waals surface area contributed by atoms with E-state index in [1.54, 1.807) is 43.5 Å². The second-order valence-corrected chi connectivity index (χ2v) is 6.57. The Morgan fingerprint density at radius 3 is 2.71 bits per heavy atom. The molecule has 0 aliphatic rings. The van der Waals surface area contributed by atoms with E-state index in [-0.39, 0.29) is 10.9 Å². The molecule has 1 heterocycles. The van der Waals surface area contributed by atoms with Crippen LogP contribution in [0, 0.1) is 0 Å². The number of sulfone groups is 1. The van der Waals surface area contributed by atoms with E-state index in [0.717, 1.165) is 0 Å². The van der Waals surface area contributed by atoms with Crippen LogP contribution in [0.3, 0.4) is 0 Å². The quantitative estimate of drug-likeness (QED) is 0.804. The highest BCUT2D eigenvalue weighted by Crippen LogP contribution is 2.20. The van der Waals surface area contributed by atoms with Crippen molar-refractivity contribution in [1.29, 1.82) is 0 Å². The molecule has 2 aromatic carbocycles. The van der Waals surface area contributed by atoms with Crippen molar-refractivity contribution in [3.05, 3.63) is 54.1 Å². The fourth-order valence-corrected chi connectivity index (χ4v) is 3.38. The maximum atomic E-state index is 12.4. The number of hydrogen-bond acceptors (Lipinski definition) is 4. The number of para-hydroxylation sites is 2. The third kappa shape index (κ3) is 2.75. The summed E-state index contributed by atoms with van der Waals surface area (Å²) in [7, 11) is -1.97. The van der Waals surface area contributed by atoms with Gasteiger partial charge in [0.1, 0.15) is 5.75 Å². The van der Waals surface area contributed by atoms with Gasteiger partial charge in [-0.05, 0) is 29.8 Å². The first-order chi connectivity index (χ1) is 10.1. The van der Waals surface area contributed by atoms with Gasteiger partial charge >= 0.3 is 0 Å². The molecule has 108 valence electrons. The van der Waals surface area contributed by atoms with Gasteiger partial charge in [0.15, 0.2) is 0 Å². The zero-order valence-electron chi connectivity index (χ0n) is 11.4. The summed E-state index contributed by atoms with van der Waals surface area (Å²) in [6.45, 7) is 0. The minimum absolute atomic E-state index is 0.00785. The number of fused-ring (bicyclic) bond motifs is 1. The molecule has 0 radical (unpaired) electrons. The Morgan fingerprint density at radius 2 is 1.95 bits per heavy atom. The van der Waals surface area contributed by atoms with Crippen molar-refractivity contribution in [1.82, 2.24) is 9.97 Å². The number of imidazole rings is 1. The first-order valence-corrected chi connectivity index (χ1v) is 8.04. The van der Waals surface area contributed by atoms with Crippen molar-refractivity contribution in [2.24, 2.45) is 0 Å². The van der Waals surface area contributed by atoms with Crippen molar-refractivity contribution in [2.45, 2.75) is 10.9 Å². The van der Waals surface area contributed by atoms with Crippen LogP contribution < -0.4 is 4.74 Å². The molecule has 0 aliphatic heterocycles. The Morgan fingerprint density at radius 1 is 1.14 bits per heavy atom. The highest BCUT2D eigenvalue weighted by atomic mass is 32.2. The smallest absolute Gasteiger partial charge is 0.226 e. The molecule has 0 atom stereocenters. The van der Waals surface area contributed by atoms with Crippen molar-refractivity contribution >= 4 is 20.9 Å². The number of rotatable bonds is 4. The third-order valence-corrected chi connectivity index (χ3v) is 4.65. The first-order valence-electron chi connectivity index (χ1n) is 6.39. The number of hydrogen-bond donors (Lipinski definition) is 1. The van der Waals surface area contributed by atoms with E-state index in [1.807, 2.05) is 12.1 Å². The highest BCUT2D eigenvalue weighted by molar-refractivity contribution is 7.90. The van der Waals surface area contributed by atoms with Crippen LogP contribution in [-0.4, -0.2) is 25.5 Å². The summed E-state index contributed by atoms with van der Waals surface area (Å²) in [6, 6.07) is 14.2. The number of nitrogens with zero attached hydrogens (tertiary/aromatic N) is 1. The fraction of sp³-hybridized carbons (Fsp3) is 0.133. The largest absolute Gasteiger partial charge is 0.497 e. The summed E-state index contributed by atoms with van der Waals surface area (Å²) in [5.41, 5.74) is 2.01. The lowest BCUT2D eigenvalue weighted by Crippen LogP contribution is -2.07. The topological polar surface area (TPSA) is 72.1 Å². The second-order valence-electron chi connectivity index (χ2n) is 4.67. The minimum atomic E-state index is -3.52. The van der Waals surface area contributed by atoms with E-state index in [0.29, 0.717) is 22.3 Å². The molecule has 0 aliphatic carbocycles. The number of aromatic nitrogens is 2. The molecule has 3 rings (SSSR count). The zero-order chi connectivity index (χ0) is 14.9. The summed E-state index contributed by atoms with van der Waals surface area (Å²) in [5, 5.41) is -0.00785. The maximum Gasteiger partial charge on any atom is 0.226 e. The number of methoxy groups -OCH3 is 1. The van der Waals surface area contributed by atoms with Gasteiger partial charge in [0.25, 0.3) is 0 Å². The van der Waals surface area contributed by atoms with Gasteiger partial charge in [-0.2, -0.15) is 0 Å². The van der Waals surface area contributed by atoms with Gasteiger partial charge in [-0.3, -0.25) is 0 Å². The van der Waals surface area contributed by atoms with E-state index in [9.17, 15) is 8.42 Å². The normalized spacial score (nSPS) is 11.7. The third-order valence-electron chi connectivity index (χ3n) is 3.15. The lowest BCUT2D eigenvalue weighted by molar-refractivity contribution is 0.414. The van der Waals surface area contributed by atoms with E-state index in [1.165, 1.54) is 0 Å². The molecule has 5 nitrogen and oxygen atoms in total. The van der Waals surface area contributed by atoms with Crippen molar-refractivity contribution in [3.63, 3.8) is 0 Å². The molecule has 0 saturated heterocycles. The average molecular weight is 302 g/mol. The Bertz CT molecular complexity index is 852. The molecular formula is C15H14N2O3S. The maximum absolute atomic E-state index is 12.4. The van der Waals surface area contributed by atoms with E-state index in [2.05, 4.69) is 9.97 Å². The predicted octanol–water partition coefficient (Wildman–Crippen LogP) is 2.55. The standard InChI is InChI=1S/C15H14N2O3S/c1-20-12-6-4-5-11(9-12)10-21(18,19)15-16-13-7-2-3-8-14(13)17-15/h2-9H,10H2,1H3,(H,16,17). The number of ether oxygens (including phenoxy) is 1. The molecule has 3 aromatic rings. The van der Waals surface area contributed by atoms with Crippen molar-refractivity contribution < 1.29 is 13.2 Å². The number of benzene rings is 2. The van der Waals surface area contributed by atoms with Gasteiger partial charge in [0, 0.05) is 0 Å². The molecule has 0 fully saturated rings. The summed E-state index contributed by atoms with van der Waals surface area (Å²) in [4.78, 5) is 7.00. The molecule has 0 amide bonds. The van der Waals surface area contributed by atoms with Crippen LogP contribution in [0.25, 0.3) is 11.0 Å². The Labute approximate surface area is 122 Å². The van der Waals surface area contributed by atoms with Crippen LogP contribution in [0.2, 0.25) is 0 Å². The van der Waals surface area contributed by atoms with Crippen LogP contribution in [0.1, 0.15) is 5.56 Å². The van der Waals surface area contributed by atoms with E-state index < -0.39 is 9.84 Å². The Hall–Kier alpha value is -2.34. The summed E-state index contributed by atoms with van der Waals surface area (Å²) < 4.78 is 30.0. The average Bonchev–Trinajstić information content (AvgIpc) is 2.92. The molecule has 0 saturated carbocycles. The van der Waals surface area contributed by atoms with Crippen molar-refractivity contribution in [3.8, 4) is 5.75 Å². The minimum Gasteiger partial charge on any atom is -0.497 e. The van der Waals surface area contributed by atoms with Gasteiger partial charge in [-0.1, -0.05) is 24.3 Å². The van der Waals surface area contributed by atoms with Gasteiger partial charge in [-0.25, -0.2) is 13.4 Å². The number of aromatic amines is 1. The number of H-pyrrole nitrogens is 1. The van der Waals surface area contributed by atoms with Gasteiger partial charge in [-0.15, -0.1) is 0 Å². The summed E-state index contributed by atoms with van der Waals surface area (Å²) >= 11 is 0. The van der Waals surface area contributed by atoms with E-state index >= 15 is 0 Å². The molecule has 21 heavy (non-hydrogen) atoms. The SMILES string of the molecule is COc1cccc(CS(=O)(=O)c2nc3ccccc3[nH]2)c1. The first kappa shape index (κ1) is 13.6. The molecule has 1 aromatic heterocycles. The van der Waals surface area contributed by atoms with E-state index in [4.69, 9.17) is 4.74 Å².